The molecule has 0 saturated heterocycles. The quantitative estimate of drug-likeness (QED) is 0.214. The Balaban J connectivity index is 1.51. The molecular weight excluding hydrogens is 638 g/mol. The molecule has 0 bridgehead atoms. The fourth-order valence-corrected chi connectivity index (χ4v) is 4.98. The molecule has 244 valence electrons. The molecule has 2 atom stereocenters. The Kier molecular flexibility index (Phi) is 8.51. The van der Waals surface area contributed by atoms with Gasteiger partial charge >= 0.3 is 12.2 Å². The number of nitrogens with zero attached hydrogens (tertiary/aromatic N) is 1. The monoisotopic (exact) mass is 665 g/mol. The number of carbonyl (C=O) groups excluding carboxylic acids is 3. The summed E-state index contributed by atoms with van der Waals surface area (Å²) in [5, 5.41) is 18.2. The van der Waals surface area contributed by atoms with Gasteiger partial charge < -0.3 is 36.3 Å². The first-order valence-electron chi connectivity index (χ1n) is 13.8. The summed E-state index contributed by atoms with van der Waals surface area (Å²) in [6.07, 6.45) is -3.78. The van der Waals surface area contributed by atoms with Crippen LogP contribution in [-0.4, -0.2) is 60.4 Å². The number of rotatable bonds is 9. The van der Waals surface area contributed by atoms with Crippen LogP contribution in [0.1, 0.15) is 41.4 Å². The number of carbonyl (C=O) groups is 3. The van der Waals surface area contributed by atoms with Gasteiger partial charge in [-0.2, -0.15) is 13.2 Å². The number of fused-ring (bicyclic) bond motifs is 1. The lowest BCUT2D eigenvalue weighted by Gasteiger charge is -2.31. The van der Waals surface area contributed by atoms with Gasteiger partial charge in [0.05, 0.1) is 30.1 Å². The van der Waals surface area contributed by atoms with Crippen molar-refractivity contribution in [1.82, 2.24) is 15.6 Å². The normalized spacial score (nSPS) is 18.5. The Morgan fingerprint density at radius 1 is 1.17 bits per heavy atom. The maximum Gasteiger partial charge on any atom is 0.424 e. The number of ether oxygens (including phenoxy) is 2. The molecule has 6 N–H and O–H groups in total. The van der Waals surface area contributed by atoms with Crippen LogP contribution in [-0.2, 0) is 15.8 Å². The molecule has 16 heteroatoms. The van der Waals surface area contributed by atoms with Gasteiger partial charge in [-0.1, -0.05) is 11.6 Å². The molecule has 11 nitrogen and oxygen atoms in total. The van der Waals surface area contributed by atoms with E-state index < -0.39 is 53.1 Å². The number of alkyl halides is 3. The van der Waals surface area contributed by atoms with Gasteiger partial charge in [0.1, 0.15) is 35.0 Å². The van der Waals surface area contributed by atoms with E-state index in [1.54, 1.807) is 0 Å². The minimum atomic E-state index is -5.42. The third kappa shape index (κ3) is 6.11. The maximum absolute atomic E-state index is 14.7. The van der Waals surface area contributed by atoms with Crippen LogP contribution in [0.15, 0.2) is 42.5 Å². The van der Waals surface area contributed by atoms with Crippen molar-refractivity contribution in [1.29, 1.82) is 0 Å². The summed E-state index contributed by atoms with van der Waals surface area (Å²) >= 11 is 5.92. The van der Waals surface area contributed by atoms with Gasteiger partial charge in [0.2, 0.25) is 11.5 Å². The van der Waals surface area contributed by atoms with Crippen LogP contribution in [0.25, 0.3) is 11.3 Å². The zero-order valence-electron chi connectivity index (χ0n) is 24.4. The van der Waals surface area contributed by atoms with E-state index in [4.69, 9.17) is 26.8 Å². The molecule has 1 aliphatic heterocycles. The number of benzene rings is 2. The molecular formula is C30H28ClF4N5O6. The number of amides is 4. The van der Waals surface area contributed by atoms with E-state index in [1.807, 2.05) is 0 Å². The third-order valence-electron chi connectivity index (χ3n) is 7.83. The number of hydrogen-bond donors (Lipinski definition) is 5. The van der Waals surface area contributed by atoms with Crippen LogP contribution in [0.5, 0.6) is 11.5 Å². The van der Waals surface area contributed by atoms with Crippen LogP contribution in [0.4, 0.5) is 28.0 Å². The number of nitrogens with two attached hydrogens (primary N) is 1. The summed E-state index contributed by atoms with van der Waals surface area (Å²) in [7, 11) is 1.33. The van der Waals surface area contributed by atoms with Crippen molar-refractivity contribution in [3.63, 3.8) is 0 Å². The number of anilines is 1. The second kappa shape index (κ2) is 11.9. The number of methoxy groups -OCH3 is 1. The zero-order valence-corrected chi connectivity index (χ0v) is 25.1. The first-order chi connectivity index (χ1) is 21.6. The minimum Gasteiger partial charge on any atom is -0.495 e. The minimum absolute atomic E-state index is 0.0239. The molecule has 2 heterocycles. The number of nitrogens with one attached hydrogen (secondary N) is 3. The van der Waals surface area contributed by atoms with Gasteiger partial charge in [-0.05, 0) is 62.2 Å². The average molecular weight is 666 g/mol. The third-order valence-corrected chi connectivity index (χ3v) is 8.12. The highest BCUT2D eigenvalue weighted by Crippen LogP contribution is 2.48. The Hall–Kier alpha value is -4.63. The Labute approximate surface area is 264 Å². The first-order valence-corrected chi connectivity index (χ1v) is 14.2. The van der Waals surface area contributed by atoms with Crippen molar-refractivity contribution in [3.05, 3.63) is 70.1 Å². The smallest absolute Gasteiger partial charge is 0.424 e. The molecule has 2 aromatic carbocycles. The molecule has 0 radical (unpaired) electrons. The van der Waals surface area contributed by atoms with E-state index in [9.17, 15) is 37.1 Å². The lowest BCUT2D eigenvalue weighted by Crippen LogP contribution is -2.51. The highest BCUT2D eigenvalue weighted by molar-refractivity contribution is 6.31. The average Bonchev–Trinajstić information content (AvgIpc) is 3.75. The largest absolute Gasteiger partial charge is 0.495 e. The van der Waals surface area contributed by atoms with E-state index in [0.717, 1.165) is 31.0 Å². The van der Waals surface area contributed by atoms with Crippen LogP contribution >= 0.6 is 11.6 Å². The van der Waals surface area contributed by atoms with E-state index in [-0.39, 0.29) is 57.2 Å². The molecule has 5 rings (SSSR count). The molecule has 4 amide bonds. The summed E-state index contributed by atoms with van der Waals surface area (Å²) in [6.45, 7) is -0.421. The molecule has 1 saturated carbocycles. The SMILES string of the molecule is COc1ccc(C(=O)NC[C@](O)(c2cc3c(c(-c4ccc(F)c(Cl)c4)n2)OC[C@]3(C)C(N)=O)C(F)(F)F)cc1NC(=O)NC1CC1. The van der Waals surface area contributed by atoms with Gasteiger partial charge in [0.25, 0.3) is 5.91 Å². The lowest BCUT2D eigenvalue weighted by atomic mass is 9.81. The zero-order chi connectivity index (χ0) is 33.6. The van der Waals surface area contributed by atoms with Crippen molar-refractivity contribution in [2.45, 2.75) is 43.0 Å². The summed E-state index contributed by atoms with van der Waals surface area (Å²) in [4.78, 5) is 41.8. The predicted molar refractivity (Wildman–Crippen MR) is 157 cm³/mol. The topological polar surface area (TPSA) is 165 Å². The second-order valence-corrected chi connectivity index (χ2v) is 11.6. The molecule has 0 unspecified atom stereocenters. The van der Waals surface area contributed by atoms with E-state index in [1.165, 1.54) is 38.3 Å². The number of halogens is 5. The summed E-state index contributed by atoms with van der Waals surface area (Å²) in [5.74, 6) is -2.69. The van der Waals surface area contributed by atoms with Crippen molar-refractivity contribution >= 4 is 35.1 Å². The van der Waals surface area contributed by atoms with Crippen LogP contribution in [0.3, 0.4) is 0 Å². The van der Waals surface area contributed by atoms with Gasteiger partial charge in [-0.3, -0.25) is 9.59 Å². The number of aromatic nitrogens is 1. The first kappa shape index (κ1) is 32.8. The maximum atomic E-state index is 14.7. The van der Waals surface area contributed by atoms with Crippen LogP contribution < -0.4 is 31.2 Å². The predicted octanol–water partition coefficient (Wildman–Crippen LogP) is 4.15. The number of pyridine rings is 1. The highest BCUT2D eigenvalue weighted by Gasteiger charge is 2.57. The standard InChI is InChI=1S/C30H28ClF4N5O6/c1-28(26(36)42)13-46-24-17(28)11-22(40-23(24)14-3-7-19(32)18(31)9-14)29(44,30(33,34)35)12-37-25(41)15-4-8-21(45-2)20(10-15)39-27(43)38-16-5-6-16/h3-4,7-11,16,44H,5-6,12-13H2,1-2H3,(H2,36,42)(H,37,41)(H2,38,39,43)/t28-,29-/m0/s1. The van der Waals surface area contributed by atoms with Gasteiger partial charge in [0.15, 0.2) is 0 Å². The van der Waals surface area contributed by atoms with Crippen molar-refractivity contribution in [2.24, 2.45) is 5.73 Å². The van der Waals surface area contributed by atoms with Crippen molar-refractivity contribution in [2.75, 3.05) is 25.6 Å². The van der Waals surface area contributed by atoms with E-state index in [2.05, 4.69) is 20.9 Å². The Morgan fingerprint density at radius 2 is 1.89 bits per heavy atom. The Bertz CT molecular complexity index is 1740. The van der Waals surface area contributed by atoms with Gasteiger partial charge in [0, 0.05) is 22.7 Å². The molecule has 3 aromatic rings. The van der Waals surface area contributed by atoms with Crippen LogP contribution in [0, 0.1) is 5.82 Å². The van der Waals surface area contributed by atoms with Crippen molar-refractivity contribution < 1.29 is 46.5 Å². The summed E-state index contributed by atoms with van der Waals surface area (Å²) < 4.78 is 68.9. The number of urea groups is 1. The second-order valence-electron chi connectivity index (χ2n) is 11.2. The highest BCUT2D eigenvalue weighted by atomic mass is 35.5. The summed E-state index contributed by atoms with van der Waals surface area (Å²) in [6, 6.07) is 7.35. The van der Waals surface area contributed by atoms with Gasteiger partial charge in [-0.15, -0.1) is 0 Å². The van der Waals surface area contributed by atoms with E-state index >= 15 is 0 Å². The number of primary amides is 1. The number of aliphatic hydroxyl groups is 1. The van der Waals surface area contributed by atoms with Crippen LogP contribution in [0.2, 0.25) is 5.02 Å². The molecule has 2 aliphatic rings. The van der Waals surface area contributed by atoms with Crippen molar-refractivity contribution in [3.8, 4) is 22.8 Å². The fraction of sp³-hybridized carbons (Fsp3) is 0.333. The molecule has 46 heavy (non-hydrogen) atoms. The molecule has 1 aromatic heterocycles. The summed E-state index contributed by atoms with van der Waals surface area (Å²) in [5.41, 5.74) is -1.29. The molecule has 1 fully saturated rings. The van der Waals surface area contributed by atoms with E-state index in [0.29, 0.717) is 0 Å². The fourth-order valence-electron chi connectivity index (χ4n) is 4.80. The number of hydrogen-bond acceptors (Lipinski definition) is 7. The lowest BCUT2D eigenvalue weighted by molar-refractivity contribution is -0.265. The molecule has 1 aliphatic carbocycles. The molecule has 0 spiro atoms. The van der Waals surface area contributed by atoms with Gasteiger partial charge in [-0.25, -0.2) is 14.2 Å². The Morgan fingerprint density at radius 3 is 2.50 bits per heavy atom.